The number of hydrogen-bond acceptors (Lipinski definition) is 5. The zero-order valence-corrected chi connectivity index (χ0v) is 15.7. The van der Waals surface area contributed by atoms with Gasteiger partial charge in [0.2, 0.25) is 0 Å². The van der Waals surface area contributed by atoms with Crippen LogP contribution in [0.1, 0.15) is 15.9 Å². The van der Waals surface area contributed by atoms with Crippen LogP contribution in [-0.4, -0.2) is 31.2 Å². The molecule has 1 aromatic heterocycles. The van der Waals surface area contributed by atoms with Crippen LogP contribution in [0, 0.1) is 0 Å². The number of benzene rings is 2. The highest BCUT2D eigenvalue weighted by Gasteiger charge is 2.07. The minimum Gasteiger partial charge on any atom is -0.489 e. The molecular weight excluding hydrogens is 354 g/mol. The van der Waals surface area contributed by atoms with Gasteiger partial charge >= 0.3 is 0 Å². The summed E-state index contributed by atoms with van der Waals surface area (Å²) in [6.45, 7) is 1.76. The number of ether oxygens (including phenoxy) is 2. The van der Waals surface area contributed by atoms with Crippen molar-refractivity contribution in [2.75, 3.05) is 30.9 Å². The summed E-state index contributed by atoms with van der Waals surface area (Å²) in [7, 11) is 1.64. The van der Waals surface area contributed by atoms with E-state index in [2.05, 4.69) is 15.6 Å². The fraction of sp³-hybridized carbons (Fsp3) is 0.182. The normalized spacial score (nSPS) is 10.3. The lowest BCUT2D eigenvalue weighted by molar-refractivity contribution is 0.102. The SMILES string of the molecule is COCCNc1ccc(C(=O)Nc2ccc(OCc3ccccc3)cc2)cn1. The van der Waals surface area contributed by atoms with E-state index in [-0.39, 0.29) is 5.91 Å². The van der Waals surface area contributed by atoms with Gasteiger partial charge in [-0.3, -0.25) is 4.79 Å². The van der Waals surface area contributed by atoms with E-state index >= 15 is 0 Å². The van der Waals surface area contributed by atoms with Gasteiger partial charge in [-0.05, 0) is 42.0 Å². The molecule has 3 aromatic rings. The molecule has 2 N–H and O–H groups in total. The van der Waals surface area contributed by atoms with Crippen molar-refractivity contribution in [3.05, 3.63) is 84.1 Å². The Labute approximate surface area is 164 Å². The van der Waals surface area contributed by atoms with E-state index in [0.717, 1.165) is 11.3 Å². The maximum absolute atomic E-state index is 12.4. The Morgan fingerprint density at radius 2 is 1.79 bits per heavy atom. The number of nitrogens with zero attached hydrogens (tertiary/aromatic N) is 1. The summed E-state index contributed by atoms with van der Waals surface area (Å²) in [5.41, 5.74) is 2.29. The fourth-order valence-electron chi connectivity index (χ4n) is 2.49. The molecule has 3 rings (SSSR count). The van der Waals surface area contributed by atoms with E-state index in [4.69, 9.17) is 9.47 Å². The first kappa shape index (κ1) is 19.4. The van der Waals surface area contributed by atoms with E-state index < -0.39 is 0 Å². The lowest BCUT2D eigenvalue weighted by Gasteiger charge is -2.09. The zero-order valence-electron chi connectivity index (χ0n) is 15.7. The van der Waals surface area contributed by atoms with Gasteiger partial charge in [0, 0.05) is 25.5 Å². The molecular formula is C22H23N3O3. The second-order valence-corrected chi connectivity index (χ2v) is 6.10. The number of methoxy groups -OCH3 is 1. The first-order chi connectivity index (χ1) is 13.7. The van der Waals surface area contributed by atoms with Gasteiger partial charge in [-0.25, -0.2) is 4.98 Å². The van der Waals surface area contributed by atoms with Crippen molar-refractivity contribution in [2.24, 2.45) is 0 Å². The van der Waals surface area contributed by atoms with Crippen LogP contribution in [-0.2, 0) is 11.3 Å². The highest BCUT2D eigenvalue weighted by Crippen LogP contribution is 2.18. The largest absolute Gasteiger partial charge is 0.489 e. The average molecular weight is 377 g/mol. The van der Waals surface area contributed by atoms with Crippen LogP contribution < -0.4 is 15.4 Å². The molecule has 2 aromatic carbocycles. The van der Waals surface area contributed by atoms with E-state index in [1.54, 1.807) is 25.4 Å². The number of aromatic nitrogens is 1. The van der Waals surface area contributed by atoms with Gasteiger partial charge in [0.1, 0.15) is 18.2 Å². The lowest BCUT2D eigenvalue weighted by atomic mass is 10.2. The van der Waals surface area contributed by atoms with Crippen LogP contribution in [0.3, 0.4) is 0 Å². The smallest absolute Gasteiger partial charge is 0.257 e. The fourth-order valence-corrected chi connectivity index (χ4v) is 2.49. The highest BCUT2D eigenvalue weighted by atomic mass is 16.5. The van der Waals surface area contributed by atoms with Gasteiger partial charge in [-0.2, -0.15) is 0 Å². The summed E-state index contributed by atoms with van der Waals surface area (Å²) in [4.78, 5) is 16.6. The molecule has 0 saturated heterocycles. The van der Waals surface area contributed by atoms with E-state index in [0.29, 0.717) is 36.8 Å². The highest BCUT2D eigenvalue weighted by molar-refractivity contribution is 6.04. The third kappa shape index (κ3) is 5.82. The van der Waals surface area contributed by atoms with Crippen molar-refractivity contribution >= 4 is 17.4 Å². The molecule has 0 fully saturated rings. The average Bonchev–Trinajstić information content (AvgIpc) is 2.75. The van der Waals surface area contributed by atoms with Crippen LogP contribution in [0.25, 0.3) is 0 Å². The van der Waals surface area contributed by atoms with Crippen molar-refractivity contribution in [3.63, 3.8) is 0 Å². The zero-order chi connectivity index (χ0) is 19.6. The van der Waals surface area contributed by atoms with Gasteiger partial charge in [0.25, 0.3) is 5.91 Å². The molecule has 0 spiro atoms. The Balaban J connectivity index is 1.51. The van der Waals surface area contributed by atoms with Crippen LogP contribution in [0.5, 0.6) is 5.75 Å². The molecule has 6 nitrogen and oxygen atoms in total. The van der Waals surface area contributed by atoms with Crippen molar-refractivity contribution in [2.45, 2.75) is 6.61 Å². The summed E-state index contributed by atoms with van der Waals surface area (Å²) in [6.07, 6.45) is 1.54. The standard InChI is InChI=1S/C22H23N3O3/c1-27-14-13-23-21-12-7-18(15-24-21)22(26)25-19-8-10-20(11-9-19)28-16-17-5-3-2-4-6-17/h2-12,15H,13-14,16H2,1H3,(H,23,24)(H,25,26). The Morgan fingerprint density at radius 3 is 2.46 bits per heavy atom. The maximum Gasteiger partial charge on any atom is 0.257 e. The number of hydrogen-bond donors (Lipinski definition) is 2. The number of nitrogens with one attached hydrogen (secondary N) is 2. The second-order valence-electron chi connectivity index (χ2n) is 6.10. The van der Waals surface area contributed by atoms with Gasteiger partial charge in [-0.1, -0.05) is 30.3 Å². The van der Waals surface area contributed by atoms with E-state index in [1.165, 1.54) is 0 Å². The van der Waals surface area contributed by atoms with Crippen LogP contribution in [0.4, 0.5) is 11.5 Å². The molecule has 0 saturated carbocycles. The molecule has 0 radical (unpaired) electrons. The first-order valence-electron chi connectivity index (χ1n) is 9.01. The van der Waals surface area contributed by atoms with Gasteiger partial charge < -0.3 is 20.1 Å². The number of anilines is 2. The summed E-state index contributed by atoms with van der Waals surface area (Å²) < 4.78 is 10.7. The van der Waals surface area contributed by atoms with Crippen molar-refractivity contribution < 1.29 is 14.3 Å². The summed E-state index contributed by atoms with van der Waals surface area (Å²) >= 11 is 0. The quantitative estimate of drug-likeness (QED) is 0.552. The number of carbonyl (C=O) groups excluding carboxylic acids is 1. The summed E-state index contributed by atoms with van der Waals surface area (Å²) in [6, 6.07) is 20.8. The van der Waals surface area contributed by atoms with Gasteiger partial charge in [0.05, 0.1) is 12.2 Å². The van der Waals surface area contributed by atoms with Crippen molar-refractivity contribution in [3.8, 4) is 5.75 Å². The molecule has 144 valence electrons. The molecule has 1 amide bonds. The molecule has 0 atom stereocenters. The van der Waals surface area contributed by atoms with Crippen LogP contribution in [0.2, 0.25) is 0 Å². The monoisotopic (exact) mass is 377 g/mol. The topological polar surface area (TPSA) is 72.5 Å². The summed E-state index contributed by atoms with van der Waals surface area (Å²) in [5.74, 6) is 1.23. The number of amides is 1. The molecule has 0 bridgehead atoms. The Kier molecular flexibility index (Phi) is 6.98. The molecule has 0 aliphatic carbocycles. The Morgan fingerprint density at radius 1 is 1.00 bits per heavy atom. The van der Waals surface area contributed by atoms with Crippen LogP contribution >= 0.6 is 0 Å². The van der Waals surface area contributed by atoms with E-state index in [1.807, 2.05) is 54.6 Å². The Hall–Kier alpha value is -3.38. The van der Waals surface area contributed by atoms with E-state index in [9.17, 15) is 4.79 Å². The summed E-state index contributed by atoms with van der Waals surface area (Å²) in [5, 5.41) is 5.97. The van der Waals surface area contributed by atoms with Gasteiger partial charge in [-0.15, -0.1) is 0 Å². The minimum absolute atomic E-state index is 0.214. The molecule has 0 aliphatic heterocycles. The number of pyridine rings is 1. The Bertz CT molecular complexity index is 866. The molecule has 0 aliphatic rings. The molecule has 1 heterocycles. The predicted molar refractivity (Wildman–Crippen MR) is 110 cm³/mol. The van der Waals surface area contributed by atoms with Crippen molar-refractivity contribution in [1.29, 1.82) is 0 Å². The third-order valence-corrected chi connectivity index (χ3v) is 4.00. The number of rotatable bonds is 9. The second kappa shape index (κ2) is 10.1. The molecule has 0 unspecified atom stereocenters. The molecule has 6 heteroatoms. The minimum atomic E-state index is -0.214. The van der Waals surface area contributed by atoms with Crippen molar-refractivity contribution in [1.82, 2.24) is 4.98 Å². The van der Waals surface area contributed by atoms with Crippen LogP contribution in [0.15, 0.2) is 72.9 Å². The maximum atomic E-state index is 12.4. The van der Waals surface area contributed by atoms with Gasteiger partial charge in [0.15, 0.2) is 0 Å². The first-order valence-corrected chi connectivity index (χ1v) is 9.01. The molecule has 28 heavy (non-hydrogen) atoms. The predicted octanol–water partition coefficient (Wildman–Crippen LogP) is 3.97. The number of carbonyl (C=O) groups is 1. The lowest BCUT2D eigenvalue weighted by Crippen LogP contribution is -2.13. The third-order valence-electron chi connectivity index (χ3n) is 4.00.